The second kappa shape index (κ2) is 3.62. The number of nitrogens with zero attached hydrogens (tertiary/aromatic N) is 1. The monoisotopic (exact) mass is 203 g/mol. The van der Waals surface area contributed by atoms with E-state index in [0.717, 1.165) is 13.1 Å². The smallest absolute Gasteiger partial charge is 0.0735 e. The molecule has 3 unspecified atom stereocenters. The van der Waals surface area contributed by atoms with Gasteiger partial charge in [0.25, 0.3) is 0 Å². The Hall–Kier alpha value is -0.860. The van der Waals surface area contributed by atoms with Crippen LogP contribution in [0.5, 0.6) is 0 Å². The minimum atomic E-state index is -0.0614. The summed E-state index contributed by atoms with van der Waals surface area (Å²) >= 11 is 0. The van der Waals surface area contributed by atoms with Gasteiger partial charge in [0, 0.05) is 19.1 Å². The molecule has 3 rings (SSSR count). The highest BCUT2D eigenvalue weighted by Crippen LogP contribution is 2.38. The number of benzene rings is 1. The average Bonchev–Trinajstić information content (AvgIpc) is 2.75. The van der Waals surface area contributed by atoms with Crippen LogP contribution >= 0.6 is 0 Å². The van der Waals surface area contributed by atoms with Crippen LogP contribution in [-0.2, 0) is 6.54 Å². The Balaban J connectivity index is 1.71. The SMILES string of the molecule is OC1C2CCC1N(Cc1ccccc1)C2. The molecule has 2 bridgehead atoms. The molecule has 1 aliphatic heterocycles. The van der Waals surface area contributed by atoms with E-state index in [2.05, 4.69) is 35.2 Å². The van der Waals surface area contributed by atoms with Crippen LogP contribution in [0.3, 0.4) is 0 Å². The van der Waals surface area contributed by atoms with E-state index in [1.165, 1.54) is 18.4 Å². The van der Waals surface area contributed by atoms with Crippen molar-refractivity contribution >= 4 is 0 Å². The van der Waals surface area contributed by atoms with E-state index in [4.69, 9.17) is 0 Å². The Morgan fingerprint density at radius 2 is 2.00 bits per heavy atom. The largest absolute Gasteiger partial charge is 0.391 e. The molecule has 15 heavy (non-hydrogen) atoms. The van der Waals surface area contributed by atoms with Crippen molar-refractivity contribution in [1.29, 1.82) is 0 Å². The first-order valence-electron chi connectivity index (χ1n) is 5.80. The number of rotatable bonds is 2. The van der Waals surface area contributed by atoms with E-state index in [-0.39, 0.29) is 6.10 Å². The molecule has 2 nitrogen and oxygen atoms in total. The Bertz CT molecular complexity index is 338. The molecule has 0 spiro atoms. The van der Waals surface area contributed by atoms with Gasteiger partial charge in [0.2, 0.25) is 0 Å². The molecular formula is C13H17NO. The molecule has 1 aliphatic carbocycles. The van der Waals surface area contributed by atoms with Gasteiger partial charge in [-0.05, 0) is 24.3 Å². The highest BCUT2D eigenvalue weighted by Gasteiger charge is 2.45. The van der Waals surface area contributed by atoms with Crippen LogP contribution in [-0.4, -0.2) is 28.7 Å². The number of piperidine rings is 1. The van der Waals surface area contributed by atoms with Gasteiger partial charge < -0.3 is 5.11 Å². The number of aliphatic hydroxyl groups excluding tert-OH is 1. The van der Waals surface area contributed by atoms with Crippen LogP contribution in [0.15, 0.2) is 30.3 Å². The lowest BCUT2D eigenvalue weighted by Crippen LogP contribution is -2.33. The summed E-state index contributed by atoms with van der Waals surface area (Å²) in [5.41, 5.74) is 1.36. The molecule has 2 aliphatic rings. The van der Waals surface area contributed by atoms with Gasteiger partial charge in [-0.15, -0.1) is 0 Å². The zero-order valence-corrected chi connectivity index (χ0v) is 8.84. The third-order valence-corrected chi connectivity index (χ3v) is 3.88. The molecule has 2 fully saturated rings. The highest BCUT2D eigenvalue weighted by atomic mass is 16.3. The van der Waals surface area contributed by atoms with Crippen LogP contribution in [0, 0.1) is 5.92 Å². The fourth-order valence-electron chi connectivity index (χ4n) is 3.07. The first-order chi connectivity index (χ1) is 7.34. The van der Waals surface area contributed by atoms with Crippen molar-refractivity contribution in [2.45, 2.75) is 31.5 Å². The van der Waals surface area contributed by atoms with E-state index in [0.29, 0.717) is 12.0 Å². The first kappa shape index (κ1) is 9.37. The molecule has 1 aromatic carbocycles. The summed E-state index contributed by atoms with van der Waals surface area (Å²) in [7, 11) is 0. The predicted octanol–water partition coefficient (Wildman–Crippen LogP) is 1.64. The number of aliphatic hydroxyl groups is 1. The minimum absolute atomic E-state index is 0.0614. The third-order valence-electron chi connectivity index (χ3n) is 3.88. The number of likely N-dealkylation sites (tertiary alicyclic amines) is 1. The molecule has 0 aromatic heterocycles. The van der Waals surface area contributed by atoms with E-state index < -0.39 is 0 Å². The molecule has 0 amide bonds. The first-order valence-corrected chi connectivity index (χ1v) is 5.80. The molecule has 1 N–H and O–H groups in total. The molecule has 80 valence electrons. The maximum atomic E-state index is 9.94. The van der Waals surface area contributed by atoms with Gasteiger partial charge >= 0.3 is 0 Å². The van der Waals surface area contributed by atoms with Gasteiger partial charge in [-0.3, -0.25) is 4.90 Å². The Morgan fingerprint density at radius 3 is 2.60 bits per heavy atom. The lowest BCUT2D eigenvalue weighted by Gasteiger charge is -2.26. The lowest BCUT2D eigenvalue weighted by atomic mass is 10.1. The van der Waals surface area contributed by atoms with Crippen LogP contribution in [0.1, 0.15) is 18.4 Å². The minimum Gasteiger partial charge on any atom is -0.391 e. The van der Waals surface area contributed by atoms with E-state index in [1.54, 1.807) is 0 Å². The van der Waals surface area contributed by atoms with Crippen molar-refractivity contribution in [1.82, 2.24) is 4.90 Å². The maximum absolute atomic E-state index is 9.94. The van der Waals surface area contributed by atoms with Crippen molar-refractivity contribution in [3.8, 4) is 0 Å². The second-order valence-corrected chi connectivity index (χ2v) is 4.81. The Morgan fingerprint density at radius 1 is 1.20 bits per heavy atom. The van der Waals surface area contributed by atoms with E-state index in [9.17, 15) is 5.11 Å². The van der Waals surface area contributed by atoms with Gasteiger partial charge in [-0.25, -0.2) is 0 Å². The molecule has 0 radical (unpaired) electrons. The molecule has 1 heterocycles. The van der Waals surface area contributed by atoms with Gasteiger partial charge in [-0.1, -0.05) is 30.3 Å². The fraction of sp³-hybridized carbons (Fsp3) is 0.538. The maximum Gasteiger partial charge on any atom is 0.0735 e. The summed E-state index contributed by atoms with van der Waals surface area (Å²) in [4.78, 5) is 2.44. The molecular weight excluding hydrogens is 186 g/mol. The molecule has 2 heteroatoms. The van der Waals surface area contributed by atoms with Crippen LogP contribution in [0.25, 0.3) is 0 Å². The number of hydrogen-bond acceptors (Lipinski definition) is 2. The van der Waals surface area contributed by atoms with Crippen molar-refractivity contribution in [2.24, 2.45) is 5.92 Å². The zero-order valence-electron chi connectivity index (χ0n) is 8.84. The van der Waals surface area contributed by atoms with Crippen molar-refractivity contribution in [2.75, 3.05) is 6.54 Å². The standard InChI is InChI=1S/C13H17NO/c15-13-11-6-7-12(13)14(9-11)8-10-4-2-1-3-5-10/h1-5,11-13,15H,6-9H2. The van der Waals surface area contributed by atoms with E-state index >= 15 is 0 Å². The van der Waals surface area contributed by atoms with Crippen LogP contribution in [0.2, 0.25) is 0 Å². The van der Waals surface area contributed by atoms with Crippen molar-refractivity contribution < 1.29 is 5.11 Å². The van der Waals surface area contributed by atoms with Crippen molar-refractivity contribution in [3.05, 3.63) is 35.9 Å². The number of fused-ring (bicyclic) bond motifs is 2. The third kappa shape index (κ3) is 1.58. The predicted molar refractivity (Wildman–Crippen MR) is 59.4 cm³/mol. The summed E-state index contributed by atoms with van der Waals surface area (Å²) in [5.74, 6) is 0.540. The van der Waals surface area contributed by atoms with Gasteiger partial charge in [0.05, 0.1) is 6.10 Å². The summed E-state index contributed by atoms with van der Waals surface area (Å²) in [6.45, 7) is 2.08. The van der Waals surface area contributed by atoms with Crippen LogP contribution in [0.4, 0.5) is 0 Å². The molecule has 3 atom stereocenters. The van der Waals surface area contributed by atoms with E-state index in [1.807, 2.05) is 0 Å². The normalized spacial score (nSPS) is 34.9. The summed E-state index contributed by atoms with van der Waals surface area (Å²) in [5, 5.41) is 9.94. The number of hydrogen-bond donors (Lipinski definition) is 1. The molecule has 1 aromatic rings. The van der Waals surface area contributed by atoms with Gasteiger partial charge in [-0.2, -0.15) is 0 Å². The summed E-state index contributed by atoms with van der Waals surface area (Å²) in [6.07, 6.45) is 2.34. The second-order valence-electron chi connectivity index (χ2n) is 4.81. The zero-order chi connectivity index (χ0) is 10.3. The average molecular weight is 203 g/mol. The summed E-state index contributed by atoms with van der Waals surface area (Å²) in [6, 6.07) is 11.0. The fourth-order valence-corrected chi connectivity index (χ4v) is 3.07. The topological polar surface area (TPSA) is 23.5 Å². The van der Waals surface area contributed by atoms with Crippen molar-refractivity contribution in [3.63, 3.8) is 0 Å². The molecule has 1 saturated carbocycles. The quantitative estimate of drug-likeness (QED) is 0.790. The Labute approximate surface area is 90.5 Å². The Kier molecular flexibility index (Phi) is 2.26. The highest BCUT2D eigenvalue weighted by molar-refractivity contribution is 5.15. The lowest BCUT2D eigenvalue weighted by molar-refractivity contribution is 0.121. The van der Waals surface area contributed by atoms with Crippen LogP contribution < -0.4 is 0 Å². The summed E-state index contributed by atoms with van der Waals surface area (Å²) < 4.78 is 0. The van der Waals surface area contributed by atoms with Gasteiger partial charge in [0.1, 0.15) is 0 Å². The van der Waals surface area contributed by atoms with Gasteiger partial charge in [0.15, 0.2) is 0 Å². The molecule has 1 saturated heterocycles.